The van der Waals surface area contributed by atoms with E-state index in [2.05, 4.69) is 62.2 Å². The number of hydrogen-bond acceptors (Lipinski definition) is 2. The Morgan fingerprint density at radius 2 is 1.79 bits per heavy atom. The highest BCUT2D eigenvalue weighted by Crippen LogP contribution is 1.98. The van der Waals surface area contributed by atoms with Gasteiger partial charge in [0.2, 0.25) is 0 Å². The Kier molecular flexibility index (Phi) is 13.2. The zero-order valence-electron chi connectivity index (χ0n) is 13.5. The van der Waals surface area contributed by atoms with Gasteiger partial charge in [0.25, 0.3) is 0 Å². The van der Waals surface area contributed by atoms with Crippen molar-refractivity contribution in [2.24, 2.45) is 4.99 Å². The van der Waals surface area contributed by atoms with E-state index in [4.69, 9.17) is 0 Å². The smallest absolute Gasteiger partial charge is 0.191 e. The molecule has 2 N–H and O–H groups in total. The highest BCUT2D eigenvalue weighted by atomic mass is 127. The highest BCUT2D eigenvalue weighted by molar-refractivity contribution is 14.0. The molecule has 0 amide bonds. The molecule has 0 aliphatic rings. The Bertz CT molecular complexity index is 236. The van der Waals surface area contributed by atoms with Crippen LogP contribution in [0.25, 0.3) is 0 Å². The van der Waals surface area contributed by atoms with Crippen molar-refractivity contribution in [3.05, 3.63) is 0 Å². The molecule has 0 aromatic carbocycles. The van der Waals surface area contributed by atoms with E-state index in [1.54, 1.807) is 0 Å². The summed E-state index contributed by atoms with van der Waals surface area (Å²) < 4.78 is 0. The van der Waals surface area contributed by atoms with Gasteiger partial charge in [0.15, 0.2) is 5.96 Å². The van der Waals surface area contributed by atoms with Gasteiger partial charge in [0, 0.05) is 18.6 Å². The van der Waals surface area contributed by atoms with Crippen LogP contribution < -0.4 is 10.6 Å². The third kappa shape index (κ3) is 14.2. The lowest BCUT2D eigenvalue weighted by Crippen LogP contribution is -2.47. The first-order valence-electron chi connectivity index (χ1n) is 7.14. The number of aliphatic imine (C=N–C) groups is 1. The summed E-state index contributed by atoms with van der Waals surface area (Å²) in [6.45, 7) is 14.7. The molecule has 0 aliphatic heterocycles. The van der Waals surface area contributed by atoms with Crippen LogP contribution in [0, 0.1) is 0 Å². The molecule has 0 spiro atoms. The van der Waals surface area contributed by atoms with Crippen LogP contribution in [-0.4, -0.2) is 49.6 Å². The topological polar surface area (TPSA) is 39.7 Å². The van der Waals surface area contributed by atoms with Crippen molar-refractivity contribution in [2.75, 3.05) is 33.2 Å². The van der Waals surface area contributed by atoms with Crippen LogP contribution in [0.2, 0.25) is 0 Å². The number of halogens is 1. The fraction of sp³-hybridized carbons (Fsp3) is 0.929. The van der Waals surface area contributed by atoms with Gasteiger partial charge in [-0.3, -0.25) is 4.99 Å². The lowest BCUT2D eigenvalue weighted by atomic mass is 10.1. The van der Waals surface area contributed by atoms with Gasteiger partial charge in [-0.05, 0) is 47.7 Å². The average Bonchev–Trinajstić information content (AvgIpc) is 2.24. The van der Waals surface area contributed by atoms with Crippen molar-refractivity contribution >= 4 is 29.9 Å². The van der Waals surface area contributed by atoms with Gasteiger partial charge in [-0.2, -0.15) is 0 Å². The summed E-state index contributed by atoms with van der Waals surface area (Å²) in [5, 5.41) is 6.67. The monoisotopic (exact) mass is 384 g/mol. The van der Waals surface area contributed by atoms with E-state index < -0.39 is 0 Å². The second-order valence-electron chi connectivity index (χ2n) is 5.79. The number of guanidine groups is 1. The lowest BCUT2D eigenvalue weighted by molar-refractivity contribution is 0.337. The Balaban J connectivity index is 0. The van der Waals surface area contributed by atoms with Crippen LogP contribution in [0.4, 0.5) is 0 Å². The maximum atomic E-state index is 4.60. The summed E-state index contributed by atoms with van der Waals surface area (Å²) in [7, 11) is 2.16. The summed E-state index contributed by atoms with van der Waals surface area (Å²) in [6, 6.07) is 0. The molecule has 5 heteroatoms. The SMILES string of the molecule is CCCCN(C)CCN=C(NCC)NC(C)(C)C.I. The quantitative estimate of drug-likeness (QED) is 0.403. The Morgan fingerprint density at radius 1 is 1.16 bits per heavy atom. The third-order valence-electron chi connectivity index (χ3n) is 2.48. The molecule has 0 atom stereocenters. The third-order valence-corrected chi connectivity index (χ3v) is 2.48. The minimum Gasteiger partial charge on any atom is -0.357 e. The fourth-order valence-corrected chi connectivity index (χ4v) is 1.53. The molecule has 4 nitrogen and oxygen atoms in total. The first-order valence-corrected chi connectivity index (χ1v) is 7.14. The normalized spacial score (nSPS) is 12.3. The zero-order chi connectivity index (χ0) is 14.0. The maximum absolute atomic E-state index is 4.60. The Morgan fingerprint density at radius 3 is 2.26 bits per heavy atom. The molecule has 0 aromatic heterocycles. The van der Waals surface area contributed by atoms with Gasteiger partial charge in [0.1, 0.15) is 0 Å². The van der Waals surface area contributed by atoms with Crippen molar-refractivity contribution in [1.82, 2.24) is 15.5 Å². The van der Waals surface area contributed by atoms with E-state index in [0.29, 0.717) is 0 Å². The molecule has 0 radical (unpaired) electrons. The van der Waals surface area contributed by atoms with Crippen LogP contribution in [0.3, 0.4) is 0 Å². The van der Waals surface area contributed by atoms with Gasteiger partial charge < -0.3 is 15.5 Å². The van der Waals surface area contributed by atoms with E-state index in [1.807, 2.05) is 0 Å². The molecule has 19 heavy (non-hydrogen) atoms. The summed E-state index contributed by atoms with van der Waals surface area (Å²) >= 11 is 0. The molecule has 0 fully saturated rings. The Hall–Kier alpha value is -0.0400. The summed E-state index contributed by atoms with van der Waals surface area (Å²) in [5.74, 6) is 0.911. The van der Waals surface area contributed by atoms with Crippen LogP contribution in [0.5, 0.6) is 0 Å². The van der Waals surface area contributed by atoms with E-state index >= 15 is 0 Å². The van der Waals surface area contributed by atoms with Crippen LogP contribution >= 0.6 is 24.0 Å². The molecule has 0 aliphatic carbocycles. The van der Waals surface area contributed by atoms with Crippen LogP contribution in [-0.2, 0) is 0 Å². The molecule has 0 saturated heterocycles. The first-order chi connectivity index (χ1) is 8.39. The number of nitrogens with one attached hydrogen (secondary N) is 2. The van der Waals surface area contributed by atoms with Crippen molar-refractivity contribution in [3.63, 3.8) is 0 Å². The largest absolute Gasteiger partial charge is 0.357 e. The van der Waals surface area contributed by atoms with Crippen LogP contribution in [0.15, 0.2) is 4.99 Å². The maximum Gasteiger partial charge on any atom is 0.191 e. The highest BCUT2D eigenvalue weighted by Gasteiger charge is 2.11. The van der Waals surface area contributed by atoms with Gasteiger partial charge >= 0.3 is 0 Å². The van der Waals surface area contributed by atoms with Crippen molar-refractivity contribution in [1.29, 1.82) is 0 Å². The Labute approximate surface area is 136 Å². The van der Waals surface area contributed by atoms with Gasteiger partial charge in [0.05, 0.1) is 6.54 Å². The number of likely N-dealkylation sites (N-methyl/N-ethyl adjacent to an activating group) is 1. The minimum atomic E-state index is 0. The van der Waals surface area contributed by atoms with Crippen molar-refractivity contribution in [2.45, 2.75) is 53.0 Å². The molecular weight excluding hydrogens is 351 g/mol. The second kappa shape index (κ2) is 11.8. The van der Waals surface area contributed by atoms with E-state index in [1.165, 1.54) is 12.8 Å². The fourth-order valence-electron chi connectivity index (χ4n) is 1.53. The number of hydrogen-bond donors (Lipinski definition) is 2. The predicted octanol–water partition coefficient (Wildman–Crippen LogP) is 2.69. The van der Waals surface area contributed by atoms with E-state index in [9.17, 15) is 0 Å². The molecule has 0 bridgehead atoms. The average molecular weight is 384 g/mol. The number of rotatable bonds is 7. The number of nitrogens with zero attached hydrogens (tertiary/aromatic N) is 2. The van der Waals surface area contributed by atoms with Gasteiger partial charge in [-0.25, -0.2) is 0 Å². The van der Waals surface area contributed by atoms with Gasteiger partial charge in [-0.15, -0.1) is 24.0 Å². The molecular formula is C14H33IN4. The molecule has 0 saturated carbocycles. The minimum absolute atomic E-state index is 0. The summed E-state index contributed by atoms with van der Waals surface area (Å²) in [4.78, 5) is 6.94. The van der Waals surface area contributed by atoms with Crippen LogP contribution in [0.1, 0.15) is 47.5 Å². The molecule has 116 valence electrons. The predicted molar refractivity (Wildman–Crippen MR) is 96.7 cm³/mol. The molecule has 0 rings (SSSR count). The van der Waals surface area contributed by atoms with E-state index in [-0.39, 0.29) is 29.5 Å². The second-order valence-corrected chi connectivity index (χ2v) is 5.79. The zero-order valence-corrected chi connectivity index (χ0v) is 15.9. The van der Waals surface area contributed by atoms with Crippen molar-refractivity contribution in [3.8, 4) is 0 Å². The standard InChI is InChI=1S/C14H32N4.HI/c1-7-9-11-18(6)12-10-16-13(15-8-2)17-14(3,4)5;/h7-12H2,1-6H3,(H2,15,16,17);1H. The number of unbranched alkanes of at least 4 members (excludes halogenated alkanes) is 1. The molecule has 0 aromatic rings. The van der Waals surface area contributed by atoms with E-state index in [0.717, 1.165) is 32.1 Å². The molecule has 0 unspecified atom stereocenters. The summed E-state index contributed by atoms with van der Waals surface area (Å²) in [5.41, 5.74) is 0.0507. The van der Waals surface area contributed by atoms with Gasteiger partial charge in [-0.1, -0.05) is 13.3 Å². The lowest BCUT2D eigenvalue weighted by Gasteiger charge is -2.24. The molecule has 0 heterocycles. The summed E-state index contributed by atoms with van der Waals surface area (Å²) in [6.07, 6.45) is 2.52. The first kappa shape index (κ1) is 21.3. The van der Waals surface area contributed by atoms with Crippen molar-refractivity contribution < 1.29 is 0 Å².